The van der Waals surface area contributed by atoms with Gasteiger partial charge in [0.1, 0.15) is 5.75 Å². The molecule has 0 amide bonds. The van der Waals surface area contributed by atoms with Gasteiger partial charge in [0, 0.05) is 6.42 Å². The quantitative estimate of drug-likeness (QED) is 0.0967. The van der Waals surface area contributed by atoms with Gasteiger partial charge in [-0.3, -0.25) is 4.79 Å². The summed E-state index contributed by atoms with van der Waals surface area (Å²) in [6, 6.07) is 5.28. The van der Waals surface area contributed by atoms with E-state index in [0.29, 0.717) is 18.8 Å². The maximum atomic E-state index is 13.9. The number of rotatable bonds is 15. The van der Waals surface area contributed by atoms with Crippen LogP contribution in [0.3, 0.4) is 0 Å². The molecule has 1 aromatic carbocycles. The molecule has 0 radical (unpaired) electrons. The van der Waals surface area contributed by atoms with Crippen LogP contribution >= 0.6 is 0 Å². The van der Waals surface area contributed by atoms with Gasteiger partial charge in [0.25, 0.3) is 0 Å². The largest absolute Gasteiger partial charge is 0.508 e. The maximum absolute atomic E-state index is 13.9. The average molecular weight is 701 g/mol. The number of phenolic OH excluding ortho intramolecular Hbond substituents is 1. The summed E-state index contributed by atoms with van der Waals surface area (Å²) in [7, 11) is 0. The van der Waals surface area contributed by atoms with Gasteiger partial charge in [0.2, 0.25) is 0 Å². The standard InChI is InChI=1S/C35H45F9O4/c1-20-11-14-27-28-24(16-17-31(20,27)2)23-13-12-22(45)19-26(23)29(46)25(28)10-8-6-4-3-5-7-9-21(30(47)48)15-18-32(36,37)33(38,39)34(40,41)35(42,43)44/h12-13,19,21,24-25,27-29,45-46H,1,3-11,14-18H2,2H3,(H,47,48)/t21?,24?,25?,27?,28?,29-,31+/m0/s1. The van der Waals surface area contributed by atoms with Crippen molar-refractivity contribution in [2.24, 2.45) is 29.1 Å². The number of benzene rings is 1. The second-order valence-electron chi connectivity index (χ2n) is 14.4. The molecule has 13 heteroatoms. The van der Waals surface area contributed by atoms with E-state index in [4.69, 9.17) is 0 Å². The number of halogens is 9. The highest BCUT2D eigenvalue weighted by atomic mass is 19.4. The van der Waals surface area contributed by atoms with Crippen LogP contribution in [0, 0.1) is 29.1 Å². The number of aliphatic hydroxyl groups is 1. The van der Waals surface area contributed by atoms with Crippen LogP contribution in [0.25, 0.3) is 0 Å². The van der Waals surface area contributed by atoms with E-state index in [0.717, 1.165) is 62.5 Å². The number of aromatic hydroxyl groups is 1. The summed E-state index contributed by atoms with van der Waals surface area (Å²) in [4.78, 5) is 11.5. The Bertz CT molecular complexity index is 1310. The summed E-state index contributed by atoms with van der Waals surface area (Å²) in [5, 5.41) is 31.1. The van der Waals surface area contributed by atoms with Gasteiger partial charge in [-0.1, -0.05) is 63.7 Å². The lowest BCUT2D eigenvalue weighted by atomic mass is 9.51. The minimum atomic E-state index is -6.99. The van der Waals surface area contributed by atoms with Crippen molar-refractivity contribution in [2.45, 2.75) is 133 Å². The van der Waals surface area contributed by atoms with Crippen molar-refractivity contribution in [3.63, 3.8) is 0 Å². The molecule has 3 aliphatic rings. The molecule has 5 unspecified atom stereocenters. The zero-order valence-corrected chi connectivity index (χ0v) is 27.0. The summed E-state index contributed by atoms with van der Waals surface area (Å²) in [6.45, 7) is 6.66. The number of alkyl halides is 9. The highest BCUT2D eigenvalue weighted by Crippen LogP contribution is 2.65. The number of unbranched alkanes of at least 4 members (excludes halogenated alkanes) is 5. The first-order chi connectivity index (χ1) is 22.2. The Morgan fingerprint density at radius 2 is 1.54 bits per heavy atom. The van der Waals surface area contributed by atoms with E-state index in [1.807, 2.05) is 6.07 Å². The van der Waals surface area contributed by atoms with Crippen LogP contribution in [-0.4, -0.2) is 45.2 Å². The molecule has 0 saturated heterocycles. The van der Waals surface area contributed by atoms with Crippen LogP contribution in [0.4, 0.5) is 39.5 Å². The molecule has 1 aromatic rings. The first-order valence-electron chi connectivity index (χ1n) is 16.8. The van der Waals surface area contributed by atoms with E-state index >= 15 is 0 Å². The van der Waals surface area contributed by atoms with Crippen LogP contribution in [0.5, 0.6) is 5.75 Å². The van der Waals surface area contributed by atoms with Crippen molar-refractivity contribution in [1.29, 1.82) is 0 Å². The lowest BCUT2D eigenvalue weighted by molar-refractivity contribution is -0.396. The van der Waals surface area contributed by atoms with Crippen molar-refractivity contribution in [2.75, 3.05) is 0 Å². The fraction of sp³-hybridized carbons (Fsp3) is 0.743. The van der Waals surface area contributed by atoms with E-state index in [1.54, 1.807) is 12.1 Å². The molecular weight excluding hydrogens is 655 g/mol. The van der Waals surface area contributed by atoms with Gasteiger partial charge in [-0.05, 0) is 97.3 Å². The molecule has 3 N–H and O–H groups in total. The predicted octanol–water partition coefficient (Wildman–Crippen LogP) is 10.6. The molecule has 0 aliphatic heterocycles. The molecule has 3 aliphatic carbocycles. The fourth-order valence-corrected chi connectivity index (χ4v) is 8.80. The fourth-order valence-electron chi connectivity index (χ4n) is 8.80. The molecule has 2 fully saturated rings. The highest BCUT2D eigenvalue weighted by Gasteiger charge is 2.81. The number of carbonyl (C=O) groups is 1. The lowest BCUT2D eigenvalue weighted by Gasteiger charge is -2.54. The third-order valence-corrected chi connectivity index (χ3v) is 11.7. The normalized spacial score (nSPS) is 28.5. The second kappa shape index (κ2) is 14.1. The SMILES string of the molecule is C=C1CCC2C3C(CC[C@]12C)c1ccc(O)cc1[C@@H](O)C3CCCCCCCCC(CCC(F)(F)C(F)(F)C(F)(F)C(F)(F)F)C(=O)O. The number of aliphatic carboxylic acids is 1. The first kappa shape index (κ1) is 38.4. The molecule has 272 valence electrons. The van der Waals surface area contributed by atoms with Crippen molar-refractivity contribution in [1.82, 2.24) is 0 Å². The summed E-state index contributed by atoms with van der Waals surface area (Å²) < 4.78 is 118. The van der Waals surface area contributed by atoms with Crippen LogP contribution in [0.2, 0.25) is 0 Å². The minimum Gasteiger partial charge on any atom is -0.508 e. The van der Waals surface area contributed by atoms with Gasteiger partial charge in [-0.15, -0.1) is 0 Å². The van der Waals surface area contributed by atoms with E-state index < -0.39 is 54.8 Å². The van der Waals surface area contributed by atoms with Crippen molar-refractivity contribution in [3.05, 3.63) is 41.5 Å². The topological polar surface area (TPSA) is 77.8 Å². The van der Waals surface area contributed by atoms with E-state index in [-0.39, 0.29) is 41.8 Å². The Hall–Kier alpha value is -2.44. The molecule has 7 atom stereocenters. The first-order valence-corrected chi connectivity index (χ1v) is 16.8. The Morgan fingerprint density at radius 1 is 0.917 bits per heavy atom. The predicted molar refractivity (Wildman–Crippen MR) is 160 cm³/mol. The number of hydrogen-bond acceptors (Lipinski definition) is 3. The Balaban J connectivity index is 1.26. The third-order valence-electron chi connectivity index (χ3n) is 11.7. The Labute approximate surface area is 274 Å². The number of carboxylic acids is 1. The summed E-state index contributed by atoms with van der Waals surface area (Å²) in [5.74, 6) is -21.7. The smallest absolute Gasteiger partial charge is 0.460 e. The van der Waals surface area contributed by atoms with E-state index in [1.165, 1.54) is 5.57 Å². The third kappa shape index (κ3) is 7.08. The molecule has 0 bridgehead atoms. The summed E-state index contributed by atoms with van der Waals surface area (Å²) >= 11 is 0. The number of phenols is 1. The second-order valence-corrected chi connectivity index (χ2v) is 14.4. The van der Waals surface area contributed by atoms with Crippen LogP contribution in [-0.2, 0) is 4.79 Å². The monoisotopic (exact) mass is 700 g/mol. The highest BCUT2D eigenvalue weighted by molar-refractivity contribution is 5.69. The molecule has 2 saturated carbocycles. The number of aliphatic hydroxyl groups excluding tert-OH is 1. The van der Waals surface area contributed by atoms with Crippen molar-refractivity contribution < 1.29 is 59.6 Å². The lowest BCUT2D eigenvalue weighted by Crippen LogP contribution is -2.60. The number of allylic oxidation sites excluding steroid dienone is 1. The van der Waals surface area contributed by atoms with Crippen LogP contribution in [0.15, 0.2) is 30.4 Å². The molecule has 4 rings (SSSR count). The molecule has 0 spiro atoms. The van der Waals surface area contributed by atoms with Gasteiger partial charge >= 0.3 is 29.9 Å². The van der Waals surface area contributed by atoms with Gasteiger partial charge in [-0.25, -0.2) is 0 Å². The Kier molecular flexibility index (Phi) is 11.2. The van der Waals surface area contributed by atoms with Crippen LogP contribution < -0.4 is 0 Å². The van der Waals surface area contributed by atoms with E-state index in [2.05, 4.69) is 13.5 Å². The molecule has 48 heavy (non-hydrogen) atoms. The Morgan fingerprint density at radius 3 is 2.17 bits per heavy atom. The number of hydrogen-bond donors (Lipinski definition) is 3. The zero-order chi connectivity index (χ0) is 35.9. The van der Waals surface area contributed by atoms with Gasteiger partial charge in [0.05, 0.1) is 12.0 Å². The number of carboxylic acid groups (broad SMARTS) is 1. The minimum absolute atomic E-state index is 0.00209. The van der Waals surface area contributed by atoms with Gasteiger partial charge in [-0.2, -0.15) is 39.5 Å². The van der Waals surface area contributed by atoms with Gasteiger partial charge in [0.15, 0.2) is 0 Å². The summed E-state index contributed by atoms with van der Waals surface area (Å²) in [5.41, 5.74) is 3.20. The number of fused-ring (bicyclic) bond motifs is 5. The zero-order valence-electron chi connectivity index (χ0n) is 27.0. The molecule has 0 heterocycles. The van der Waals surface area contributed by atoms with E-state index in [9.17, 15) is 59.6 Å². The van der Waals surface area contributed by atoms with Crippen molar-refractivity contribution in [3.8, 4) is 5.75 Å². The summed E-state index contributed by atoms with van der Waals surface area (Å²) in [6.07, 6.45) is -2.68. The molecule has 4 nitrogen and oxygen atoms in total. The van der Waals surface area contributed by atoms with Gasteiger partial charge < -0.3 is 15.3 Å². The molecule has 0 aromatic heterocycles. The molecular formula is C35H45F9O4. The van der Waals surface area contributed by atoms with Crippen molar-refractivity contribution >= 4 is 5.97 Å². The average Bonchev–Trinajstić information content (AvgIpc) is 3.30. The van der Waals surface area contributed by atoms with Crippen LogP contribution in [0.1, 0.15) is 120 Å². The maximum Gasteiger partial charge on any atom is 0.460 e.